The molecule has 0 unspecified atom stereocenters. The van der Waals surface area contributed by atoms with E-state index in [0.29, 0.717) is 47.6 Å². The van der Waals surface area contributed by atoms with E-state index in [0.717, 1.165) is 28.6 Å². The average molecular weight is 401 g/mol. The zero-order valence-electron chi connectivity index (χ0n) is 15.7. The third-order valence-corrected chi connectivity index (χ3v) is 5.02. The van der Waals surface area contributed by atoms with Crippen LogP contribution in [-0.4, -0.2) is 31.2 Å². The van der Waals surface area contributed by atoms with Gasteiger partial charge in [-0.1, -0.05) is 11.6 Å². The number of carbonyl (C=O) groups excluding carboxylic acids is 1. The molecule has 1 aromatic heterocycles. The van der Waals surface area contributed by atoms with Crippen molar-refractivity contribution in [1.82, 2.24) is 10.3 Å². The van der Waals surface area contributed by atoms with Crippen LogP contribution in [-0.2, 0) is 6.54 Å². The van der Waals surface area contributed by atoms with Gasteiger partial charge >= 0.3 is 0 Å². The van der Waals surface area contributed by atoms with Gasteiger partial charge in [0.25, 0.3) is 5.91 Å². The zero-order chi connectivity index (χ0) is 19.7. The maximum absolute atomic E-state index is 12.9. The molecule has 1 aliphatic rings. The summed E-state index contributed by atoms with van der Waals surface area (Å²) in [5.74, 6) is 1.71. The molecule has 0 saturated heterocycles. The van der Waals surface area contributed by atoms with E-state index in [1.54, 1.807) is 13.2 Å². The van der Waals surface area contributed by atoms with Crippen molar-refractivity contribution in [3.05, 3.63) is 52.2 Å². The Hall–Kier alpha value is -2.86. The molecule has 6 nitrogen and oxygen atoms in total. The highest BCUT2D eigenvalue weighted by Crippen LogP contribution is 2.38. The summed E-state index contributed by atoms with van der Waals surface area (Å²) in [5.41, 5.74) is 3.14. The number of fused-ring (bicyclic) bond motifs is 2. The fourth-order valence-corrected chi connectivity index (χ4v) is 3.67. The summed E-state index contributed by atoms with van der Waals surface area (Å²) >= 11 is 6.33. The maximum Gasteiger partial charge on any atom is 0.253 e. The van der Waals surface area contributed by atoms with E-state index in [1.807, 2.05) is 31.2 Å². The standard InChI is InChI=1S/C21H21ClN2O4/c1-12-19(15-10-14(26-2)4-5-17(15)24-12)21(25)23-11-13-8-16(22)20-18(9-13)27-6-3-7-28-20/h4-5,8-10,24H,3,6-7,11H2,1-2H3,(H,23,25). The van der Waals surface area contributed by atoms with Gasteiger partial charge in [0, 0.05) is 29.6 Å². The first kappa shape index (κ1) is 18.5. The smallest absolute Gasteiger partial charge is 0.253 e. The van der Waals surface area contributed by atoms with E-state index >= 15 is 0 Å². The number of benzene rings is 2. The fraction of sp³-hybridized carbons (Fsp3) is 0.286. The van der Waals surface area contributed by atoms with Crippen molar-refractivity contribution in [3.63, 3.8) is 0 Å². The number of carbonyl (C=O) groups is 1. The largest absolute Gasteiger partial charge is 0.497 e. The number of H-pyrrole nitrogens is 1. The van der Waals surface area contributed by atoms with Gasteiger partial charge in [0.2, 0.25) is 0 Å². The molecule has 1 amide bonds. The van der Waals surface area contributed by atoms with Crippen LogP contribution in [0.2, 0.25) is 5.02 Å². The number of methoxy groups -OCH3 is 1. The number of rotatable bonds is 4. The Balaban J connectivity index is 1.57. The van der Waals surface area contributed by atoms with Crippen molar-refractivity contribution < 1.29 is 19.0 Å². The molecule has 7 heteroatoms. The van der Waals surface area contributed by atoms with Crippen molar-refractivity contribution in [3.8, 4) is 17.2 Å². The van der Waals surface area contributed by atoms with Crippen LogP contribution in [0, 0.1) is 6.92 Å². The van der Waals surface area contributed by atoms with E-state index < -0.39 is 0 Å². The van der Waals surface area contributed by atoms with Gasteiger partial charge in [0.05, 0.1) is 30.9 Å². The molecular formula is C21H21ClN2O4. The Kier molecular flexibility index (Phi) is 5.05. The number of aromatic amines is 1. The normalized spacial score (nSPS) is 13.2. The van der Waals surface area contributed by atoms with Gasteiger partial charge in [0.15, 0.2) is 11.5 Å². The number of aryl methyl sites for hydroxylation is 1. The lowest BCUT2D eigenvalue weighted by Crippen LogP contribution is -2.23. The van der Waals surface area contributed by atoms with Gasteiger partial charge < -0.3 is 24.5 Å². The Morgan fingerprint density at radius 3 is 2.89 bits per heavy atom. The van der Waals surface area contributed by atoms with Gasteiger partial charge in [0.1, 0.15) is 5.75 Å². The fourth-order valence-electron chi connectivity index (χ4n) is 3.38. The minimum absolute atomic E-state index is 0.166. The summed E-state index contributed by atoms with van der Waals surface area (Å²) < 4.78 is 16.6. The number of aromatic nitrogens is 1. The second kappa shape index (κ2) is 7.64. The van der Waals surface area contributed by atoms with E-state index in [2.05, 4.69) is 10.3 Å². The van der Waals surface area contributed by atoms with Crippen LogP contribution in [0.3, 0.4) is 0 Å². The Morgan fingerprint density at radius 2 is 2.07 bits per heavy atom. The van der Waals surface area contributed by atoms with Crippen LogP contribution in [0.1, 0.15) is 28.0 Å². The Labute approximate surface area is 167 Å². The molecule has 2 heterocycles. The molecule has 0 spiro atoms. The molecule has 2 aromatic carbocycles. The first-order valence-electron chi connectivity index (χ1n) is 9.09. The van der Waals surface area contributed by atoms with Gasteiger partial charge in [-0.15, -0.1) is 0 Å². The number of ether oxygens (including phenoxy) is 3. The molecular weight excluding hydrogens is 380 g/mol. The monoisotopic (exact) mass is 400 g/mol. The van der Waals surface area contributed by atoms with E-state index in [9.17, 15) is 4.79 Å². The minimum Gasteiger partial charge on any atom is -0.497 e. The molecule has 4 rings (SSSR count). The molecule has 0 fully saturated rings. The van der Waals surface area contributed by atoms with Crippen LogP contribution in [0.5, 0.6) is 17.2 Å². The molecule has 1 aliphatic heterocycles. The van der Waals surface area contributed by atoms with Crippen LogP contribution >= 0.6 is 11.6 Å². The molecule has 146 valence electrons. The zero-order valence-corrected chi connectivity index (χ0v) is 16.5. The number of hydrogen-bond acceptors (Lipinski definition) is 4. The second-order valence-electron chi connectivity index (χ2n) is 6.67. The quantitative estimate of drug-likeness (QED) is 0.687. The van der Waals surface area contributed by atoms with E-state index in [-0.39, 0.29) is 5.91 Å². The maximum atomic E-state index is 12.9. The third kappa shape index (κ3) is 3.47. The van der Waals surface area contributed by atoms with Crippen LogP contribution in [0.15, 0.2) is 30.3 Å². The Morgan fingerprint density at radius 1 is 1.25 bits per heavy atom. The van der Waals surface area contributed by atoms with E-state index in [1.165, 1.54) is 0 Å². The highest BCUT2D eigenvalue weighted by Gasteiger charge is 2.18. The molecule has 0 atom stereocenters. The molecule has 0 radical (unpaired) electrons. The molecule has 28 heavy (non-hydrogen) atoms. The predicted molar refractivity (Wildman–Crippen MR) is 108 cm³/mol. The highest BCUT2D eigenvalue weighted by molar-refractivity contribution is 6.32. The first-order chi connectivity index (χ1) is 13.6. The molecule has 0 aliphatic carbocycles. The van der Waals surface area contributed by atoms with Crippen molar-refractivity contribution in [2.75, 3.05) is 20.3 Å². The lowest BCUT2D eigenvalue weighted by atomic mass is 10.1. The number of amides is 1. The predicted octanol–water partition coefficient (Wildman–Crippen LogP) is 4.23. The molecule has 2 N–H and O–H groups in total. The van der Waals surface area contributed by atoms with E-state index in [4.69, 9.17) is 25.8 Å². The summed E-state index contributed by atoms with van der Waals surface area (Å²) in [7, 11) is 1.61. The van der Waals surface area contributed by atoms with Crippen LogP contribution < -0.4 is 19.5 Å². The second-order valence-corrected chi connectivity index (χ2v) is 7.08. The summed E-state index contributed by atoms with van der Waals surface area (Å²) in [5, 5.41) is 4.27. The molecule has 0 bridgehead atoms. The topological polar surface area (TPSA) is 72.6 Å². The average Bonchev–Trinajstić information content (AvgIpc) is 2.85. The third-order valence-electron chi connectivity index (χ3n) is 4.74. The highest BCUT2D eigenvalue weighted by atomic mass is 35.5. The SMILES string of the molecule is COc1ccc2[nH]c(C)c(C(=O)NCc3cc(Cl)c4c(c3)OCCCO4)c2c1. The van der Waals surface area contributed by atoms with Crippen LogP contribution in [0.25, 0.3) is 10.9 Å². The van der Waals surface area contributed by atoms with Crippen molar-refractivity contribution in [2.45, 2.75) is 19.9 Å². The summed E-state index contributed by atoms with van der Waals surface area (Å²) in [6, 6.07) is 9.28. The van der Waals surface area contributed by atoms with Gasteiger partial charge in [-0.3, -0.25) is 4.79 Å². The summed E-state index contributed by atoms with van der Waals surface area (Å²) in [4.78, 5) is 16.1. The van der Waals surface area contributed by atoms with Gasteiger partial charge in [-0.2, -0.15) is 0 Å². The summed E-state index contributed by atoms with van der Waals surface area (Å²) in [6.45, 7) is 3.36. The lowest BCUT2D eigenvalue weighted by Gasteiger charge is -2.12. The minimum atomic E-state index is -0.166. The molecule has 0 saturated carbocycles. The van der Waals surface area contributed by atoms with Crippen LogP contribution in [0.4, 0.5) is 0 Å². The van der Waals surface area contributed by atoms with Gasteiger partial charge in [-0.25, -0.2) is 0 Å². The number of halogens is 1. The first-order valence-corrected chi connectivity index (χ1v) is 9.47. The van der Waals surface area contributed by atoms with Crippen molar-refractivity contribution in [2.24, 2.45) is 0 Å². The molecule has 3 aromatic rings. The number of hydrogen-bond donors (Lipinski definition) is 2. The van der Waals surface area contributed by atoms with Crippen molar-refractivity contribution in [1.29, 1.82) is 0 Å². The summed E-state index contributed by atoms with van der Waals surface area (Å²) in [6.07, 6.45) is 0.806. The number of nitrogens with one attached hydrogen (secondary N) is 2. The van der Waals surface area contributed by atoms with Gasteiger partial charge in [-0.05, 0) is 42.8 Å². The Bertz CT molecular complexity index is 1040. The van der Waals surface area contributed by atoms with Crippen molar-refractivity contribution >= 4 is 28.4 Å². The lowest BCUT2D eigenvalue weighted by molar-refractivity contribution is 0.0952.